The third kappa shape index (κ3) is 2.69. The summed E-state index contributed by atoms with van der Waals surface area (Å²) in [5.74, 6) is 0.573. The van der Waals surface area contributed by atoms with E-state index in [1.54, 1.807) is 0 Å². The fourth-order valence-corrected chi connectivity index (χ4v) is 2.82. The molecular weight excluding hydrogens is 264 g/mol. The van der Waals surface area contributed by atoms with Gasteiger partial charge >= 0.3 is 5.97 Å². The molecule has 0 aromatic carbocycles. The number of carbonyl (C=O) groups is 1. The van der Waals surface area contributed by atoms with Crippen LogP contribution in [-0.4, -0.2) is 35.8 Å². The predicted octanol–water partition coefficient (Wildman–Crippen LogP) is 2.52. The number of ether oxygens (including phenoxy) is 2. The fraction of sp³-hybridized carbons (Fsp3) is 0.615. The lowest BCUT2D eigenvalue weighted by Crippen LogP contribution is -2.18. The molecule has 1 aromatic heterocycles. The molecule has 1 aliphatic heterocycles. The van der Waals surface area contributed by atoms with Gasteiger partial charge in [0.25, 0.3) is 0 Å². The van der Waals surface area contributed by atoms with E-state index in [1.807, 2.05) is 6.92 Å². The van der Waals surface area contributed by atoms with Crippen molar-refractivity contribution >= 4 is 18.2 Å². The minimum atomic E-state index is -0.451. The van der Waals surface area contributed by atoms with Gasteiger partial charge in [0, 0.05) is 18.2 Å². The molecule has 1 fully saturated rings. The van der Waals surface area contributed by atoms with Crippen molar-refractivity contribution in [2.75, 3.05) is 13.7 Å². The summed E-state index contributed by atoms with van der Waals surface area (Å²) in [5, 5.41) is 0. The molecule has 1 saturated heterocycles. The summed E-state index contributed by atoms with van der Waals surface area (Å²) >= 11 is 5.21. The first-order chi connectivity index (χ1) is 9.08. The van der Waals surface area contributed by atoms with Gasteiger partial charge in [-0.15, -0.1) is 0 Å². The summed E-state index contributed by atoms with van der Waals surface area (Å²) in [4.78, 5) is 19.2. The molecule has 1 N–H and O–H groups in total. The molecule has 0 radical (unpaired) electrons. The van der Waals surface area contributed by atoms with E-state index in [2.05, 4.69) is 16.9 Å². The molecule has 5 nitrogen and oxygen atoms in total. The number of carbonyl (C=O) groups excluding carboxylic acids is 1. The van der Waals surface area contributed by atoms with E-state index in [0.29, 0.717) is 15.9 Å². The Kier molecular flexibility index (Phi) is 4.31. The van der Waals surface area contributed by atoms with Gasteiger partial charge in [0.2, 0.25) is 0 Å². The van der Waals surface area contributed by atoms with Crippen LogP contribution in [0.15, 0.2) is 0 Å². The Morgan fingerprint density at radius 1 is 1.63 bits per heavy atom. The van der Waals surface area contributed by atoms with E-state index in [4.69, 9.17) is 21.7 Å². The summed E-state index contributed by atoms with van der Waals surface area (Å²) in [7, 11) is 1.34. The highest BCUT2D eigenvalue weighted by Gasteiger charge is 2.30. The van der Waals surface area contributed by atoms with Crippen molar-refractivity contribution in [3.05, 3.63) is 21.7 Å². The smallest absolute Gasteiger partial charge is 0.342 e. The Labute approximate surface area is 117 Å². The van der Waals surface area contributed by atoms with Crippen LogP contribution in [0, 0.1) is 11.6 Å². The van der Waals surface area contributed by atoms with Crippen LogP contribution in [0.3, 0.4) is 0 Å². The number of H-pyrrole nitrogens is 1. The molecular formula is C13H18N2O3S. The normalized spacial score (nSPS) is 22.5. The number of aryl methyl sites for hydroxylation is 1. The summed E-state index contributed by atoms with van der Waals surface area (Å²) in [6.07, 6.45) is 2.03. The van der Waals surface area contributed by atoms with Gasteiger partial charge < -0.3 is 14.5 Å². The highest BCUT2D eigenvalue weighted by Crippen LogP contribution is 2.31. The second-order valence-electron chi connectivity index (χ2n) is 4.63. The van der Waals surface area contributed by atoms with Crippen LogP contribution >= 0.6 is 12.2 Å². The number of hydrogen-bond donors (Lipinski definition) is 1. The number of aromatic amines is 1. The van der Waals surface area contributed by atoms with Gasteiger partial charge in [0.15, 0.2) is 0 Å². The van der Waals surface area contributed by atoms with Crippen LogP contribution in [-0.2, 0) is 9.47 Å². The SMILES string of the molecule is CCC1OCCC1c1nc(=S)c(C(=O)OC)c(C)[nH]1. The minimum Gasteiger partial charge on any atom is -0.465 e. The first kappa shape index (κ1) is 14.1. The maximum Gasteiger partial charge on any atom is 0.342 e. The molecule has 104 valence electrons. The van der Waals surface area contributed by atoms with Gasteiger partial charge in [-0.05, 0) is 19.8 Å². The average molecular weight is 282 g/mol. The second kappa shape index (κ2) is 5.79. The Morgan fingerprint density at radius 3 is 2.95 bits per heavy atom. The number of aromatic nitrogens is 2. The van der Waals surface area contributed by atoms with Crippen LogP contribution in [0.4, 0.5) is 0 Å². The lowest BCUT2D eigenvalue weighted by atomic mass is 9.98. The first-order valence-electron chi connectivity index (χ1n) is 6.39. The molecule has 0 saturated carbocycles. The van der Waals surface area contributed by atoms with Gasteiger partial charge in [0.1, 0.15) is 16.0 Å². The largest absolute Gasteiger partial charge is 0.465 e. The van der Waals surface area contributed by atoms with Crippen LogP contribution in [0.2, 0.25) is 0 Å². The standard InChI is InChI=1S/C13H18N2O3S/c1-4-9-8(5-6-18-9)11-14-7(2)10(12(19)15-11)13(16)17-3/h8-9H,4-6H2,1-3H3,(H,14,15,19). The molecule has 0 amide bonds. The van der Waals surface area contributed by atoms with Crippen LogP contribution in [0.25, 0.3) is 0 Å². The van der Waals surface area contributed by atoms with Crippen molar-refractivity contribution in [3.8, 4) is 0 Å². The quantitative estimate of drug-likeness (QED) is 0.681. The molecule has 1 aromatic rings. The number of methoxy groups -OCH3 is 1. The summed E-state index contributed by atoms with van der Waals surface area (Å²) in [6, 6.07) is 0. The van der Waals surface area contributed by atoms with Gasteiger partial charge in [-0.1, -0.05) is 19.1 Å². The highest BCUT2D eigenvalue weighted by molar-refractivity contribution is 7.71. The third-order valence-corrected chi connectivity index (χ3v) is 3.77. The molecule has 0 aliphatic carbocycles. The molecule has 1 aliphatic rings. The minimum absolute atomic E-state index is 0.168. The molecule has 2 atom stereocenters. The Bertz CT molecular complexity index is 541. The van der Waals surface area contributed by atoms with Crippen molar-refractivity contribution in [1.82, 2.24) is 9.97 Å². The van der Waals surface area contributed by atoms with Crippen LogP contribution < -0.4 is 0 Å². The molecule has 0 spiro atoms. The fourth-order valence-electron chi connectivity index (χ4n) is 2.49. The summed E-state index contributed by atoms with van der Waals surface area (Å²) < 4.78 is 10.7. The zero-order valence-corrected chi connectivity index (χ0v) is 12.2. The number of nitrogens with one attached hydrogen (secondary N) is 1. The molecule has 2 heterocycles. The maximum absolute atomic E-state index is 11.6. The monoisotopic (exact) mass is 282 g/mol. The maximum atomic E-state index is 11.6. The molecule has 6 heteroatoms. The van der Waals surface area contributed by atoms with Crippen molar-refractivity contribution in [3.63, 3.8) is 0 Å². The topological polar surface area (TPSA) is 64.2 Å². The number of nitrogens with zero attached hydrogens (tertiary/aromatic N) is 1. The Morgan fingerprint density at radius 2 is 2.37 bits per heavy atom. The van der Waals surface area contributed by atoms with Crippen molar-refractivity contribution in [2.45, 2.75) is 38.7 Å². The lowest BCUT2D eigenvalue weighted by Gasteiger charge is -2.17. The number of esters is 1. The molecule has 2 rings (SSSR count). The number of hydrogen-bond acceptors (Lipinski definition) is 5. The van der Waals surface area contributed by atoms with E-state index in [9.17, 15) is 4.79 Å². The third-order valence-electron chi connectivity index (χ3n) is 3.48. The number of rotatable bonds is 3. The van der Waals surface area contributed by atoms with E-state index < -0.39 is 5.97 Å². The second-order valence-corrected chi connectivity index (χ2v) is 5.02. The zero-order valence-electron chi connectivity index (χ0n) is 11.4. The van der Waals surface area contributed by atoms with E-state index in [-0.39, 0.29) is 12.0 Å². The van der Waals surface area contributed by atoms with Gasteiger partial charge in [0.05, 0.1) is 13.2 Å². The molecule has 2 unspecified atom stereocenters. The van der Waals surface area contributed by atoms with E-state index >= 15 is 0 Å². The Hall–Kier alpha value is -1.27. The highest BCUT2D eigenvalue weighted by atomic mass is 32.1. The van der Waals surface area contributed by atoms with Gasteiger partial charge in [-0.2, -0.15) is 0 Å². The van der Waals surface area contributed by atoms with Crippen LogP contribution in [0.1, 0.15) is 47.6 Å². The van der Waals surface area contributed by atoms with Crippen molar-refractivity contribution < 1.29 is 14.3 Å². The van der Waals surface area contributed by atoms with Crippen LogP contribution in [0.5, 0.6) is 0 Å². The molecule has 19 heavy (non-hydrogen) atoms. The van der Waals surface area contributed by atoms with Crippen molar-refractivity contribution in [2.24, 2.45) is 0 Å². The van der Waals surface area contributed by atoms with Crippen molar-refractivity contribution in [1.29, 1.82) is 0 Å². The zero-order chi connectivity index (χ0) is 14.0. The predicted molar refractivity (Wildman–Crippen MR) is 72.9 cm³/mol. The summed E-state index contributed by atoms with van der Waals surface area (Å²) in [6.45, 7) is 4.64. The van der Waals surface area contributed by atoms with E-state index in [1.165, 1.54) is 7.11 Å². The van der Waals surface area contributed by atoms with Gasteiger partial charge in [-0.25, -0.2) is 9.78 Å². The summed E-state index contributed by atoms with van der Waals surface area (Å²) in [5.41, 5.74) is 1.04. The van der Waals surface area contributed by atoms with E-state index in [0.717, 1.165) is 25.3 Å². The molecule has 0 bridgehead atoms. The first-order valence-corrected chi connectivity index (χ1v) is 6.80. The lowest BCUT2D eigenvalue weighted by molar-refractivity contribution is 0.0598. The Balaban J connectivity index is 2.40. The average Bonchev–Trinajstić information content (AvgIpc) is 2.85. The van der Waals surface area contributed by atoms with Gasteiger partial charge in [-0.3, -0.25) is 0 Å².